The van der Waals surface area contributed by atoms with Crippen LogP contribution in [0.2, 0.25) is 0 Å². The molecular weight excluding hydrogens is 328 g/mol. The Balaban J connectivity index is 1.58. The van der Waals surface area contributed by atoms with E-state index in [1.165, 1.54) is 5.56 Å². The van der Waals surface area contributed by atoms with Gasteiger partial charge in [0.25, 0.3) is 5.91 Å². The van der Waals surface area contributed by atoms with Crippen LogP contribution in [0.25, 0.3) is 0 Å². The SMILES string of the molecule is O=C(c1ccccn1)N1C[C@@H]2C[C@@H](c3ccccc3)CC[C@]2(C(=O)O)C1. The number of carbonyl (C=O) groups is 2. The number of hydrogen-bond acceptors (Lipinski definition) is 3. The summed E-state index contributed by atoms with van der Waals surface area (Å²) in [5, 5.41) is 9.97. The maximum atomic E-state index is 12.8. The van der Waals surface area contributed by atoms with Crippen molar-refractivity contribution in [1.82, 2.24) is 9.88 Å². The number of carboxylic acid groups (broad SMARTS) is 1. The molecule has 2 aromatic rings. The zero-order valence-corrected chi connectivity index (χ0v) is 14.5. The van der Waals surface area contributed by atoms with Crippen LogP contribution < -0.4 is 0 Å². The molecule has 0 unspecified atom stereocenters. The molecule has 5 nitrogen and oxygen atoms in total. The number of rotatable bonds is 3. The van der Waals surface area contributed by atoms with Crippen molar-refractivity contribution in [3.8, 4) is 0 Å². The van der Waals surface area contributed by atoms with Gasteiger partial charge in [-0.25, -0.2) is 0 Å². The monoisotopic (exact) mass is 350 g/mol. The van der Waals surface area contributed by atoms with Crippen molar-refractivity contribution in [2.75, 3.05) is 13.1 Å². The molecular formula is C21H22N2O3. The molecule has 1 amide bonds. The van der Waals surface area contributed by atoms with Crippen molar-refractivity contribution in [1.29, 1.82) is 0 Å². The molecule has 1 aromatic heterocycles. The van der Waals surface area contributed by atoms with Gasteiger partial charge >= 0.3 is 5.97 Å². The van der Waals surface area contributed by atoms with Crippen LogP contribution in [0.1, 0.15) is 41.2 Å². The first-order chi connectivity index (χ1) is 12.6. The number of hydrogen-bond donors (Lipinski definition) is 1. The number of nitrogens with zero attached hydrogens (tertiary/aromatic N) is 2. The van der Waals surface area contributed by atoms with Crippen LogP contribution in [0.3, 0.4) is 0 Å². The Kier molecular flexibility index (Phi) is 4.23. The average molecular weight is 350 g/mol. The normalized spacial score (nSPS) is 27.8. The number of aromatic nitrogens is 1. The van der Waals surface area contributed by atoms with Crippen molar-refractivity contribution < 1.29 is 14.7 Å². The van der Waals surface area contributed by atoms with E-state index in [1.807, 2.05) is 18.2 Å². The second-order valence-corrected chi connectivity index (χ2v) is 7.44. The fourth-order valence-electron chi connectivity index (χ4n) is 4.63. The van der Waals surface area contributed by atoms with Gasteiger partial charge in [0.15, 0.2) is 0 Å². The fraction of sp³-hybridized carbons (Fsp3) is 0.381. The quantitative estimate of drug-likeness (QED) is 0.923. The molecule has 26 heavy (non-hydrogen) atoms. The Morgan fingerprint density at radius 2 is 1.88 bits per heavy atom. The molecule has 2 heterocycles. The van der Waals surface area contributed by atoms with Crippen LogP contribution in [-0.4, -0.2) is 40.0 Å². The lowest BCUT2D eigenvalue weighted by Crippen LogP contribution is -2.43. The summed E-state index contributed by atoms with van der Waals surface area (Å²) in [6.07, 6.45) is 3.86. The molecule has 1 aliphatic heterocycles. The molecule has 4 rings (SSSR count). The van der Waals surface area contributed by atoms with Gasteiger partial charge in [-0.1, -0.05) is 36.4 Å². The van der Waals surface area contributed by atoms with Gasteiger partial charge in [0, 0.05) is 19.3 Å². The summed E-state index contributed by atoms with van der Waals surface area (Å²) < 4.78 is 0. The number of fused-ring (bicyclic) bond motifs is 1. The van der Waals surface area contributed by atoms with Gasteiger partial charge in [-0.3, -0.25) is 14.6 Å². The number of likely N-dealkylation sites (tertiary alicyclic amines) is 1. The first-order valence-electron chi connectivity index (χ1n) is 9.09. The summed E-state index contributed by atoms with van der Waals surface area (Å²) in [4.78, 5) is 30.8. The van der Waals surface area contributed by atoms with Gasteiger partial charge in [0.1, 0.15) is 5.69 Å². The van der Waals surface area contributed by atoms with Crippen molar-refractivity contribution in [3.05, 3.63) is 66.0 Å². The van der Waals surface area contributed by atoms with E-state index in [0.29, 0.717) is 24.6 Å². The van der Waals surface area contributed by atoms with Gasteiger partial charge in [-0.05, 0) is 48.8 Å². The molecule has 0 spiro atoms. The molecule has 1 aliphatic carbocycles. The predicted octanol–water partition coefficient (Wildman–Crippen LogP) is 3.19. The molecule has 3 atom stereocenters. The Hall–Kier alpha value is -2.69. The lowest BCUT2D eigenvalue weighted by atomic mass is 9.64. The zero-order valence-electron chi connectivity index (χ0n) is 14.5. The predicted molar refractivity (Wildman–Crippen MR) is 96.7 cm³/mol. The van der Waals surface area contributed by atoms with E-state index in [-0.39, 0.29) is 18.4 Å². The first-order valence-corrected chi connectivity index (χ1v) is 9.09. The highest BCUT2D eigenvalue weighted by Crippen LogP contribution is 2.51. The van der Waals surface area contributed by atoms with Crippen molar-refractivity contribution in [3.63, 3.8) is 0 Å². The maximum absolute atomic E-state index is 12.8. The molecule has 1 saturated heterocycles. The minimum atomic E-state index is -0.824. The van der Waals surface area contributed by atoms with Crippen molar-refractivity contribution >= 4 is 11.9 Å². The van der Waals surface area contributed by atoms with Crippen LogP contribution >= 0.6 is 0 Å². The van der Waals surface area contributed by atoms with Crippen molar-refractivity contribution in [2.24, 2.45) is 11.3 Å². The Morgan fingerprint density at radius 1 is 1.12 bits per heavy atom. The smallest absolute Gasteiger partial charge is 0.311 e. The first kappa shape index (κ1) is 16.8. The number of amides is 1. The minimum Gasteiger partial charge on any atom is -0.481 e. The summed E-state index contributed by atoms with van der Waals surface area (Å²) in [7, 11) is 0. The molecule has 2 aliphatic rings. The lowest BCUT2D eigenvalue weighted by Gasteiger charge is -2.38. The number of pyridine rings is 1. The number of aliphatic carboxylic acids is 1. The van der Waals surface area contributed by atoms with Gasteiger partial charge in [0.05, 0.1) is 5.41 Å². The molecule has 2 fully saturated rings. The molecule has 0 radical (unpaired) electrons. The Labute approximate surface area is 152 Å². The van der Waals surface area contributed by atoms with Crippen LogP contribution in [-0.2, 0) is 4.79 Å². The highest BCUT2D eigenvalue weighted by Gasteiger charge is 2.56. The van der Waals surface area contributed by atoms with Crippen LogP contribution in [0.5, 0.6) is 0 Å². The van der Waals surface area contributed by atoms with Crippen LogP contribution in [0.15, 0.2) is 54.7 Å². The fourth-order valence-corrected chi connectivity index (χ4v) is 4.63. The third-order valence-corrected chi connectivity index (χ3v) is 6.07. The number of carboxylic acids is 1. The van der Waals surface area contributed by atoms with Gasteiger partial charge in [-0.15, -0.1) is 0 Å². The summed E-state index contributed by atoms with van der Waals surface area (Å²) in [5.41, 5.74) is 0.822. The molecule has 0 bridgehead atoms. The Bertz CT molecular complexity index is 809. The van der Waals surface area contributed by atoms with Gasteiger partial charge < -0.3 is 10.0 Å². The standard InChI is InChI=1S/C21H22N2O3/c24-19(18-8-4-5-11-22-18)23-13-17-12-16(15-6-2-1-3-7-15)9-10-21(17,14-23)20(25)26/h1-8,11,16-17H,9-10,12-14H2,(H,25,26)/t16-,17-,21-/m0/s1. The van der Waals surface area contributed by atoms with Crippen molar-refractivity contribution in [2.45, 2.75) is 25.2 Å². The summed E-state index contributed by atoms with van der Waals surface area (Å²) >= 11 is 0. The topological polar surface area (TPSA) is 70.5 Å². The second kappa shape index (κ2) is 6.56. The highest BCUT2D eigenvalue weighted by molar-refractivity contribution is 5.93. The molecule has 1 N–H and O–H groups in total. The third-order valence-electron chi connectivity index (χ3n) is 6.07. The molecule has 5 heteroatoms. The highest BCUT2D eigenvalue weighted by atomic mass is 16.4. The van der Waals surface area contributed by atoms with E-state index in [0.717, 1.165) is 12.8 Å². The van der Waals surface area contributed by atoms with Gasteiger partial charge in [-0.2, -0.15) is 0 Å². The zero-order chi connectivity index (χ0) is 18.1. The second-order valence-electron chi connectivity index (χ2n) is 7.44. The third kappa shape index (κ3) is 2.77. The maximum Gasteiger partial charge on any atom is 0.311 e. The van der Waals surface area contributed by atoms with Crippen LogP contribution in [0, 0.1) is 11.3 Å². The molecule has 134 valence electrons. The van der Waals surface area contributed by atoms with Crippen LogP contribution in [0.4, 0.5) is 0 Å². The van der Waals surface area contributed by atoms with E-state index in [4.69, 9.17) is 0 Å². The largest absolute Gasteiger partial charge is 0.481 e. The minimum absolute atomic E-state index is 0.0216. The van der Waals surface area contributed by atoms with E-state index in [9.17, 15) is 14.7 Å². The molecule has 1 aromatic carbocycles. The lowest BCUT2D eigenvalue weighted by molar-refractivity contribution is -0.152. The number of benzene rings is 1. The molecule has 1 saturated carbocycles. The van der Waals surface area contributed by atoms with Gasteiger partial charge in [0.2, 0.25) is 0 Å². The van der Waals surface area contributed by atoms with E-state index < -0.39 is 11.4 Å². The summed E-state index contributed by atoms with van der Waals surface area (Å²) in [6.45, 7) is 0.773. The Morgan fingerprint density at radius 3 is 2.58 bits per heavy atom. The van der Waals surface area contributed by atoms with E-state index >= 15 is 0 Å². The van der Waals surface area contributed by atoms with E-state index in [2.05, 4.69) is 17.1 Å². The van der Waals surface area contributed by atoms with E-state index in [1.54, 1.807) is 29.3 Å². The summed E-state index contributed by atoms with van der Waals surface area (Å²) in [6, 6.07) is 15.5. The summed E-state index contributed by atoms with van der Waals surface area (Å²) in [5.74, 6) is -0.604. The number of carbonyl (C=O) groups excluding carboxylic acids is 1. The average Bonchev–Trinajstić information content (AvgIpc) is 3.09.